The number of non-ortho nitro benzene ring substituents is 1. The monoisotopic (exact) mass is 525 g/mol. The van der Waals surface area contributed by atoms with E-state index in [0.29, 0.717) is 11.4 Å². The Bertz CT molecular complexity index is 1560. The van der Waals surface area contributed by atoms with Gasteiger partial charge in [0.05, 0.1) is 10.8 Å². The quantitative estimate of drug-likeness (QED) is 0.193. The zero-order chi connectivity index (χ0) is 27.4. The molecule has 1 saturated heterocycles. The summed E-state index contributed by atoms with van der Waals surface area (Å²) in [5, 5.41) is 15.4. The molecule has 2 amide bonds. The van der Waals surface area contributed by atoms with Gasteiger partial charge in [-0.05, 0) is 41.8 Å². The highest BCUT2D eigenvalue weighted by Gasteiger charge is 2.36. The summed E-state index contributed by atoms with van der Waals surface area (Å²) >= 11 is 0. The van der Waals surface area contributed by atoms with Crippen LogP contribution in [-0.4, -0.2) is 35.9 Å². The van der Waals surface area contributed by atoms with Crippen LogP contribution in [-0.2, 0) is 19.1 Å². The number of carbonyl (C=O) groups excluding carboxylic acids is 3. The fourth-order valence-electron chi connectivity index (χ4n) is 4.37. The fraction of sp³-hybridized carbons (Fsp3) is 0.138. The standard InChI is InChI=1S/C29H23N3O7/c33-27(30-21-7-4-8-23(16-21)32(36)37)18-38-29(35)20-15-28(34)31(17-20)22-11-13-24(14-12-22)39-26-10-3-6-19-5-1-2-9-25(19)26/h1-14,16,20H,15,17-18H2,(H,30,33)/t20-/m0/s1. The van der Waals surface area contributed by atoms with E-state index < -0.39 is 29.3 Å². The van der Waals surface area contributed by atoms with Crippen molar-refractivity contribution in [2.24, 2.45) is 5.92 Å². The molecule has 0 saturated carbocycles. The predicted molar refractivity (Wildman–Crippen MR) is 144 cm³/mol. The van der Waals surface area contributed by atoms with Crippen LogP contribution < -0.4 is 15.0 Å². The molecule has 0 bridgehead atoms. The molecule has 0 unspecified atom stereocenters. The highest BCUT2D eigenvalue weighted by Crippen LogP contribution is 2.32. The Hall–Kier alpha value is -5.25. The fourth-order valence-corrected chi connectivity index (χ4v) is 4.37. The average molecular weight is 526 g/mol. The van der Waals surface area contributed by atoms with E-state index in [4.69, 9.17) is 9.47 Å². The van der Waals surface area contributed by atoms with Crippen LogP contribution in [0, 0.1) is 16.0 Å². The zero-order valence-electron chi connectivity index (χ0n) is 20.6. The van der Waals surface area contributed by atoms with Gasteiger partial charge in [-0.2, -0.15) is 0 Å². The first-order valence-electron chi connectivity index (χ1n) is 12.1. The maximum Gasteiger partial charge on any atom is 0.311 e. The molecule has 0 aliphatic carbocycles. The minimum Gasteiger partial charge on any atom is -0.457 e. The molecule has 196 valence electrons. The second kappa shape index (κ2) is 11.0. The van der Waals surface area contributed by atoms with Crippen molar-refractivity contribution in [2.45, 2.75) is 6.42 Å². The van der Waals surface area contributed by atoms with Crippen LogP contribution in [0.1, 0.15) is 6.42 Å². The maximum atomic E-state index is 12.6. The van der Waals surface area contributed by atoms with Crippen molar-refractivity contribution >= 4 is 45.6 Å². The highest BCUT2D eigenvalue weighted by atomic mass is 16.6. The van der Waals surface area contributed by atoms with Gasteiger partial charge in [0.1, 0.15) is 11.5 Å². The third-order valence-corrected chi connectivity index (χ3v) is 6.27. The minimum absolute atomic E-state index is 0.0421. The number of nitro benzene ring substituents is 1. The van der Waals surface area contributed by atoms with Crippen molar-refractivity contribution in [1.82, 2.24) is 0 Å². The van der Waals surface area contributed by atoms with Crippen LogP contribution in [0.25, 0.3) is 10.8 Å². The van der Waals surface area contributed by atoms with Crippen LogP contribution in [0.4, 0.5) is 17.1 Å². The normalized spacial score (nSPS) is 14.7. The number of hydrogen-bond acceptors (Lipinski definition) is 7. The third kappa shape index (κ3) is 5.85. The number of anilines is 2. The summed E-state index contributed by atoms with van der Waals surface area (Å²) in [4.78, 5) is 49.1. The summed E-state index contributed by atoms with van der Waals surface area (Å²) in [6, 6.07) is 26.2. The lowest BCUT2D eigenvalue weighted by molar-refractivity contribution is -0.384. The summed E-state index contributed by atoms with van der Waals surface area (Å²) in [7, 11) is 0. The van der Waals surface area contributed by atoms with E-state index in [-0.39, 0.29) is 30.2 Å². The van der Waals surface area contributed by atoms with E-state index >= 15 is 0 Å². The first-order chi connectivity index (χ1) is 18.9. The van der Waals surface area contributed by atoms with Gasteiger partial charge in [-0.25, -0.2) is 0 Å². The Morgan fingerprint density at radius 3 is 2.51 bits per heavy atom. The molecule has 0 aromatic heterocycles. The van der Waals surface area contributed by atoms with E-state index in [0.717, 1.165) is 16.5 Å². The van der Waals surface area contributed by atoms with Gasteiger partial charge in [0.2, 0.25) is 5.91 Å². The summed E-state index contributed by atoms with van der Waals surface area (Å²) in [5.41, 5.74) is 0.645. The largest absolute Gasteiger partial charge is 0.457 e. The molecule has 1 aliphatic rings. The molecule has 0 spiro atoms. The van der Waals surface area contributed by atoms with Crippen molar-refractivity contribution in [2.75, 3.05) is 23.4 Å². The number of ether oxygens (including phenoxy) is 2. The van der Waals surface area contributed by atoms with Gasteiger partial charge < -0.3 is 19.7 Å². The molecule has 10 nitrogen and oxygen atoms in total. The van der Waals surface area contributed by atoms with Crippen molar-refractivity contribution in [3.05, 3.63) is 101 Å². The first-order valence-corrected chi connectivity index (χ1v) is 12.1. The molecule has 39 heavy (non-hydrogen) atoms. The summed E-state index contributed by atoms with van der Waals surface area (Å²) in [5.74, 6) is -0.957. The molecule has 1 N–H and O–H groups in total. The lowest BCUT2D eigenvalue weighted by atomic mass is 10.1. The lowest BCUT2D eigenvalue weighted by Crippen LogP contribution is -2.28. The van der Waals surface area contributed by atoms with Crippen LogP contribution in [0.15, 0.2) is 91.0 Å². The van der Waals surface area contributed by atoms with Gasteiger partial charge >= 0.3 is 5.97 Å². The van der Waals surface area contributed by atoms with Gasteiger partial charge in [-0.1, -0.05) is 42.5 Å². The smallest absolute Gasteiger partial charge is 0.311 e. The number of carbonyl (C=O) groups is 3. The molecule has 10 heteroatoms. The Labute approximate surface area is 222 Å². The number of benzene rings is 4. The number of amides is 2. The molecular formula is C29H23N3O7. The highest BCUT2D eigenvalue weighted by molar-refractivity contribution is 6.00. The number of nitrogens with zero attached hydrogens (tertiary/aromatic N) is 2. The van der Waals surface area contributed by atoms with Gasteiger partial charge in [-0.3, -0.25) is 24.5 Å². The summed E-state index contributed by atoms with van der Waals surface area (Å²) in [6.07, 6.45) is -0.0421. The Balaban J connectivity index is 1.16. The number of hydrogen-bond donors (Lipinski definition) is 1. The molecule has 5 rings (SSSR count). The van der Waals surface area contributed by atoms with E-state index in [2.05, 4.69) is 5.32 Å². The maximum absolute atomic E-state index is 12.6. The molecule has 0 radical (unpaired) electrons. The molecule has 4 aromatic rings. The second-order valence-corrected chi connectivity index (χ2v) is 8.94. The number of nitro groups is 1. The molecule has 1 fully saturated rings. The van der Waals surface area contributed by atoms with Gasteiger partial charge in [-0.15, -0.1) is 0 Å². The predicted octanol–water partition coefficient (Wildman–Crippen LogP) is 5.08. The van der Waals surface area contributed by atoms with Crippen molar-refractivity contribution in [3.63, 3.8) is 0 Å². The number of esters is 1. The number of rotatable bonds is 8. The van der Waals surface area contributed by atoms with Crippen LogP contribution in [0.2, 0.25) is 0 Å². The van der Waals surface area contributed by atoms with E-state index in [1.165, 1.54) is 29.2 Å². The van der Waals surface area contributed by atoms with Gasteiger partial charge in [0.15, 0.2) is 6.61 Å². The molecule has 1 aliphatic heterocycles. The van der Waals surface area contributed by atoms with E-state index in [9.17, 15) is 24.5 Å². The van der Waals surface area contributed by atoms with Crippen LogP contribution in [0.3, 0.4) is 0 Å². The SMILES string of the molecule is O=C(COC(=O)[C@H]1CC(=O)N(c2ccc(Oc3cccc4ccccc34)cc2)C1)Nc1cccc([N+](=O)[O-])c1. The van der Waals surface area contributed by atoms with E-state index in [1.807, 2.05) is 42.5 Å². The average Bonchev–Trinajstić information content (AvgIpc) is 3.34. The van der Waals surface area contributed by atoms with Crippen LogP contribution in [0.5, 0.6) is 11.5 Å². The Morgan fingerprint density at radius 1 is 0.974 bits per heavy atom. The molecule has 4 aromatic carbocycles. The van der Waals surface area contributed by atoms with Crippen molar-refractivity contribution in [3.8, 4) is 11.5 Å². The number of nitrogens with one attached hydrogen (secondary N) is 1. The summed E-state index contributed by atoms with van der Waals surface area (Å²) < 4.78 is 11.2. The Morgan fingerprint density at radius 2 is 1.72 bits per heavy atom. The topological polar surface area (TPSA) is 128 Å². The first kappa shape index (κ1) is 25.4. The second-order valence-electron chi connectivity index (χ2n) is 8.94. The zero-order valence-corrected chi connectivity index (χ0v) is 20.6. The number of fused-ring (bicyclic) bond motifs is 1. The molecule has 1 heterocycles. The molecule has 1 atom stereocenters. The summed E-state index contributed by atoms with van der Waals surface area (Å²) in [6.45, 7) is -0.458. The van der Waals surface area contributed by atoms with E-state index in [1.54, 1.807) is 24.3 Å². The van der Waals surface area contributed by atoms with Gasteiger partial charge in [0, 0.05) is 41.9 Å². The minimum atomic E-state index is -0.727. The van der Waals surface area contributed by atoms with Gasteiger partial charge in [0.25, 0.3) is 11.6 Å². The Kier molecular flexibility index (Phi) is 7.17. The third-order valence-electron chi connectivity index (χ3n) is 6.27. The van der Waals surface area contributed by atoms with Crippen LogP contribution >= 0.6 is 0 Å². The molecular weight excluding hydrogens is 502 g/mol. The van der Waals surface area contributed by atoms with Crippen molar-refractivity contribution < 1.29 is 28.8 Å². The lowest BCUT2D eigenvalue weighted by Gasteiger charge is -2.17. The van der Waals surface area contributed by atoms with Crippen molar-refractivity contribution in [1.29, 1.82) is 0 Å².